The maximum atomic E-state index is 12.3. The van der Waals surface area contributed by atoms with Gasteiger partial charge in [0, 0.05) is 12.8 Å². The van der Waals surface area contributed by atoms with Gasteiger partial charge in [0.25, 0.3) is 0 Å². The maximum absolute atomic E-state index is 12.3. The summed E-state index contributed by atoms with van der Waals surface area (Å²) in [7, 11) is -4.80. The predicted molar refractivity (Wildman–Crippen MR) is 194 cm³/mol. The number of rotatable bonds is 30. The average Bonchev–Trinajstić information content (AvgIpc) is 3.05. The molecule has 0 aromatic rings. The van der Waals surface area contributed by atoms with Crippen LogP contribution in [0.3, 0.4) is 0 Å². The molecule has 0 aliphatic heterocycles. The zero-order valence-electron chi connectivity index (χ0n) is 29.6. The van der Waals surface area contributed by atoms with Gasteiger partial charge >= 0.3 is 19.8 Å². The second kappa shape index (κ2) is 31.7. The summed E-state index contributed by atoms with van der Waals surface area (Å²) >= 11 is 0. The number of aliphatic hydroxyl groups is 1. The molecule has 0 aliphatic carbocycles. The van der Waals surface area contributed by atoms with Crippen LogP contribution in [0.2, 0.25) is 0 Å². The van der Waals surface area contributed by atoms with E-state index >= 15 is 0 Å². The van der Waals surface area contributed by atoms with Gasteiger partial charge < -0.3 is 24.4 Å². The molecule has 0 bridgehead atoms. The molecule has 9 nitrogen and oxygen atoms in total. The molecule has 3 N–H and O–H groups in total. The minimum absolute atomic E-state index is 0.0887. The van der Waals surface area contributed by atoms with Crippen LogP contribution < -0.4 is 0 Å². The van der Waals surface area contributed by atoms with Gasteiger partial charge in [0.05, 0.1) is 12.7 Å². The number of unbranched alkanes of at least 4 members (excludes halogenated alkanes) is 5. The fraction of sp³-hybridized carbons (Fsp3) is 0.632. The largest absolute Gasteiger partial charge is 0.469 e. The minimum atomic E-state index is -4.80. The third-order valence-electron chi connectivity index (χ3n) is 7.40. The van der Waals surface area contributed by atoms with Crippen LogP contribution in [-0.4, -0.2) is 52.3 Å². The van der Waals surface area contributed by atoms with Crippen molar-refractivity contribution in [3.05, 3.63) is 72.9 Å². The van der Waals surface area contributed by atoms with Gasteiger partial charge in [-0.2, -0.15) is 0 Å². The van der Waals surface area contributed by atoms with Crippen molar-refractivity contribution in [2.24, 2.45) is 5.92 Å². The molecule has 0 aromatic carbocycles. The molecule has 0 radical (unpaired) electrons. The highest BCUT2D eigenvalue weighted by atomic mass is 31.2. The van der Waals surface area contributed by atoms with Crippen molar-refractivity contribution in [2.45, 2.75) is 136 Å². The van der Waals surface area contributed by atoms with Gasteiger partial charge in [0.15, 0.2) is 6.10 Å². The molecule has 0 aliphatic rings. The van der Waals surface area contributed by atoms with E-state index in [9.17, 15) is 19.3 Å². The predicted octanol–water partition coefficient (Wildman–Crippen LogP) is 9.17. The van der Waals surface area contributed by atoms with Crippen molar-refractivity contribution in [1.82, 2.24) is 0 Å². The monoisotopic (exact) mass is 694 g/mol. The number of hydrogen-bond donors (Lipinski definition) is 3. The molecule has 274 valence electrons. The normalized spacial score (nSPS) is 14.7. The summed E-state index contributed by atoms with van der Waals surface area (Å²) in [4.78, 5) is 42.6. The third kappa shape index (κ3) is 33.4. The number of allylic oxidation sites excluding steroid dienone is 11. The average molecular weight is 695 g/mol. The van der Waals surface area contributed by atoms with E-state index in [1.54, 1.807) is 12.2 Å². The third-order valence-corrected chi connectivity index (χ3v) is 7.88. The standard InChI is InChI=1S/C38H63O9P/c1-4-6-7-8-9-10-11-12-13-14-15-16-17-18-22-25-28-35(39)30-31-37(40)45-32-36(33-46-48(42,43)44)47-38(41)29-26-23-20-19-21-24-27-34(3)5-2/h6-7,9-10,12-13,15-16,18,22,25,28,34-36,39H,4-5,8,11,14,17,19-21,23-24,26-27,29-33H2,1-3H3,(H2,42,43,44)/b7-6-,10-9-,13-12-,16-15-,22-18-,28-25-/t34?,35?,36-/m1/s1. The van der Waals surface area contributed by atoms with Crippen molar-refractivity contribution in [3.8, 4) is 0 Å². The molecule has 0 spiro atoms. The van der Waals surface area contributed by atoms with Crippen molar-refractivity contribution in [1.29, 1.82) is 0 Å². The Labute approximate surface area is 290 Å². The number of phosphoric acid groups is 1. The molecule has 0 saturated carbocycles. The quantitative estimate of drug-likeness (QED) is 0.0221. The van der Waals surface area contributed by atoms with Gasteiger partial charge in [-0.05, 0) is 50.9 Å². The number of hydrogen-bond acceptors (Lipinski definition) is 7. The van der Waals surface area contributed by atoms with E-state index in [-0.39, 0.29) is 19.3 Å². The smallest absolute Gasteiger partial charge is 0.462 e. The summed E-state index contributed by atoms with van der Waals surface area (Å²) in [6.45, 7) is 5.58. The molecule has 10 heteroatoms. The summed E-state index contributed by atoms with van der Waals surface area (Å²) < 4.78 is 26.1. The van der Waals surface area contributed by atoms with E-state index in [0.717, 1.165) is 57.3 Å². The minimum Gasteiger partial charge on any atom is -0.462 e. The summed E-state index contributed by atoms with van der Waals surface area (Å²) in [5, 5.41) is 10.1. The highest BCUT2D eigenvalue weighted by Gasteiger charge is 2.23. The highest BCUT2D eigenvalue weighted by molar-refractivity contribution is 7.46. The van der Waals surface area contributed by atoms with Crippen molar-refractivity contribution >= 4 is 19.8 Å². The Bertz CT molecular complexity index is 1040. The van der Waals surface area contributed by atoms with Crippen molar-refractivity contribution in [3.63, 3.8) is 0 Å². The Kier molecular flexibility index (Phi) is 30.0. The van der Waals surface area contributed by atoms with Crippen LogP contribution in [0, 0.1) is 5.92 Å². The molecule has 0 amide bonds. The molecule has 2 unspecified atom stereocenters. The van der Waals surface area contributed by atoms with E-state index in [2.05, 4.69) is 73.9 Å². The first-order chi connectivity index (χ1) is 23.1. The molecular weight excluding hydrogens is 631 g/mol. The molecule has 3 atom stereocenters. The number of phosphoric ester groups is 1. The lowest BCUT2D eigenvalue weighted by Gasteiger charge is -2.18. The highest BCUT2D eigenvalue weighted by Crippen LogP contribution is 2.36. The van der Waals surface area contributed by atoms with E-state index in [4.69, 9.17) is 19.3 Å². The Morgan fingerprint density at radius 1 is 0.688 bits per heavy atom. The fourth-order valence-corrected chi connectivity index (χ4v) is 4.70. The molecule has 0 rings (SSSR count). The number of ether oxygens (including phenoxy) is 2. The summed E-state index contributed by atoms with van der Waals surface area (Å²) in [5.41, 5.74) is 0. The van der Waals surface area contributed by atoms with Crippen LogP contribution in [-0.2, 0) is 28.2 Å². The molecular formula is C38H63O9P. The lowest BCUT2D eigenvalue weighted by atomic mass is 10.00. The zero-order chi connectivity index (χ0) is 35.7. The molecule has 0 saturated heterocycles. The van der Waals surface area contributed by atoms with Crippen LogP contribution in [0.5, 0.6) is 0 Å². The van der Waals surface area contributed by atoms with Gasteiger partial charge in [0.2, 0.25) is 0 Å². The molecule has 0 fully saturated rings. The topological polar surface area (TPSA) is 140 Å². The van der Waals surface area contributed by atoms with E-state index in [1.165, 1.54) is 25.7 Å². The first-order valence-corrected chi connectivity index (χ1v) is 19.3. The van der Waals surface area contributed by atoms with E-state index in [0.29, 0.717) is 6.42 Å². The lowest BCUT2D eigenvalue weighted by Crippen LogP contribution is -2.29. The fourth-order valence-electron chi connectivity index (χ4n) is 4.34. The Hall–Kier alpha value is -2.55. The van der Waals surface area contributed by atoms with E-state index < -0.39 is 45.2 Å². The summed E-state index contributed by atoms with van der Waals surface area (Å²) in [5.74, 6) is -0.420. The van der Waals surface area contributed by atoms with Gasteiger partial charge in [0.1, 0.15) is 6.61 Å². The van der Waals surface area contributed by atoms with Gasteiger partial charge in [-0.15, -0.1) is 0 Å². The summed E-state index contributed by atoms with van der Waals surface area (Å²) in [6, 6.07) is 0. The zero-order valence-corrected chi connectivity index (χ0v) is 30.5. The first-order valence-electron chi connectivity index (χ1n) is 17.7. The lowest BCUT2D eigenvalue weighted by molar-refractivity contribution is -0.161. The summed E-state index contributed by atoms with van der Waals surface area (Å²) in [6.07, 6.45) is 35.5. The molecule has 0 heterocycles. The molecule has 0 aromatic heterocycles. The molecule has 48 heavy (non-hydrogen) atoms. The van der Waals surface area contributed by atoms with Crippen LogP contribution >= 0.6 is 7.82 Å². The Morgan fingerprint density at radius 2 is 1.25 bits per heavy atom. The van der Waals surface area contributed by atoms with Crippen LogP contribution in [0.1, 0.15) is 124 Å². The number of carbonyl (C=O) groups excluding carboxylic acids is 2. The second-order valence-corrected chi connectivity index (χ2v) is 13.1. The van der Waals surface area contributed by atoms with Crippen LogP contribution in [0.4, 0.5) is 0 Å². The Morgan fingerprint density at radius 3 is 1.83 bits per heavy atom. The van der Waals surface area contributed by atoms with Crippen molar-refractivity contribution < 1.29 is 43.0 Å². The second-order valence-electron chi connectivity index (χ2n) is 11.9. The number of carbonyl (C=O) groups is 2. The van der Waals surface area contributed by atoms with Gasteiger partial charge in [-0.25, -0.2) is 4.57 Å². The SMILES string of the molecule is CC/C=C\C/C=C\C/C=C\C/C=C\C/C=C\C=C/C(O)CCC(=O)OC[C@H](COP(=O)(O)O)OC(=O)CCCCCCCCC(C)CC. The number of aliphatic hydroxyl groups excluding tert-OH is 1. The van der Waals surface area contributed by atoms with Gasteiger partial charge in [-0.3, -0.25) is 14.1 Å². The maximum Gasteiger partial charge on any atom is 0.469 e. The van der Waals surface area contributed by atoms with E-state index in [1.807, 2.05) is 12.2 Å². The van der Waals surface area contributed by atoms with Crippen LogP contribution in [0.25, 0.3) is 0 Å². The van der Waals surface area contributed by atoms with Crippen molar-refractivity contribution in [2.75, 3.05) is 13.2 Å². The first kappa shape index (κ1) is 45.5. The van der Waals surface area contributed by atoms with Gasteiger partial charge in [-0.1, -0.05) is 139 Å². The van der Waals surface area contributed by atoms with Crippen LogP contribution in [0.15, 0.2) is 72.9 Å². The Balaban J connectivity index is 4.28. The number of esters is 2.